The van der Waals surface area contributed by atoms with Crippen molar-refractivity contribution in [1.82, 2.24) is 4.57 Å². The molecule has 15 heavy (non-hydrogen) atoms. The van der Waals surface area contributed by atoms with Gasteiger partial charge in [-0.3, -0.25) is 14.2 Å². The number of aliphatic carboxylic acids is 1. The van der Waals surface area contributed by atoms with Crippen LogP contribution in [0, 0.1) is 0 Å². The Kier molecular flexibility index (Phi) is 2.22. The minimum Gasteiger partial charge on any atom is -0.481 e. The second-order valence-corrected chi connectivity index (χ2v) is 3.66. The van der Waals surface area contributed by atoms with E-state index in [2.05, 4.69) is 0 Å². The lowest BCUT2D eigenvalue weighted by Gasteiger charge is -2.14. The SMILES string of the molecule is CN1CCn2c1c(CC(=O)O)ccc2=O. The average Bonchev–Trinajstić information content (AvgIpc) is 2.54. The average molecular weight is 208 g/mol. The van der Waals surface area contributed by atoms with E-state index in [1.807, 2.05) is 11.9 Å². The number of carbonyl (C=O) groups is 1. The van der Waals surface area contributed by atoms with Crippen molar-refractivity contribution < 1.29 is 9.90 Å². The van der Waals surface area contributed by atoms with Crippen LogP contribution in [-0.4, -0.2) is 29.2 Å². The summed E-state index contributed by atoms with van der Waals surface area (Å²) in [6, 6.07) is 3.03. The van der Waals surface area contributed by atoms with Crippen LogP contribution >= 0.6 is 0 Å². The first-order valence-corrected chi connectivity index (χ1v) is 4.75. The minimum absolute atomic E-state index is 0.0417. The molecule has 0 bridgehead atoms. The first-order chi connectivity index (χ1) is 7.09. The molecule has 1 N–H and O–H groups in total. The number of hydrogen-bond donors (Lipinski definition) is 1. The molecule has 0 amide bonds. The van der Waals surface area contributed by atoms with Crippen LogP contribution in [0.3, 0.4) is 0 Å². The van der Waals surface area contributed by atoms with Crippen LogP contribution in [-0.2, 0) is 17.8 Å². The van der Waals surface area contributed by atoms with E-state index < -0.39 is 5.97 Å². The molecule has 0 aromatic carbocycles. The highest BCUT2D eigenvalue weighted by molar-refractivity contribution is 5.73. The van der Waals surface area contributed by atoms with Gasteiger partial charge in [-0.1, -0.05) is 0 Å². The van der Waals surface area contributed by atoms with E-state index in [4.69, 9.17) is 5.11 Å². The monoisotopic (exact) mass is 208 g/mol. The van der Waals surface area contributed by atoms with Crippen LogP contribution < -0.4 is 10.5 Å². The highest BCUT2D eigenvalue weighted by Crippen LogP contribution is 2.22. The van der Waals surface area contributed by atoms with Crippen LogP contribution in [0.15, 0.2) is 16.9 Å². The minimum atomic E-state index is -0.878. The van der Waals surface area contributed by atoms with E-state index in [9.17, 15) is 9.59 Å². The molecule has 80 valence electrons. The number of anilines is 1. The molecule has 5 heteroatoms. The van der Waals surface area contributed by atoms with Gasteiger partial charge in [-0.05, 0) is 6.07 Å². The fourth-order valence-electron chi connectivity index (χ4n) is 1.94. The number of likely N-dealkylation sites (N-methyl/N-ethyl adjacent to an activating group) is 1. The van der Waals surface area contributed by atoms with Gasteiger partial charge in [0, 0.05) is 31.8 Å². The number of aromatic nitrogens is 1. The molecule has 2 rings (SSSR count). The Morgan fingerprint density at radius 1 is 1.47 bits per heavy atom. The van der Waals surface area contributed by atoms with Crippen molar-refractivity contribution in [2.24, 2.45) is 0 Å². The summed E-state index contributed by atoms with van der Waals surface area (Å²) in [5.41, 5.74) is 0.630. The van der Waals surface area contributed by atoms with Gasteiger partial charge in [-0.25, -0.2) is 0 Å². The quantitative estimate of drug-likeness (QED) is 0.738. The zero-order valence-electron chi connectivity index (χ0n) is 8.43. The number of pyridine rings is 1. The smallest absolute Gasteiger partial charge is 0.307 e. The zero-order chi connectivity index (χ0) is 11.0. The lowest BCUT2D eigenvalue weighted by molar-refractivity contribution is -0.136. The number of carboxylic acids is 1. The predicted molar refractivity (Wildman–Crippen MR) is 55.3 cm³/mol. The molecular formula is C10H12N2O3. The highest BCUT2D eigenvalue weighted by Gasteiger charge is 2.21. The van der Waals surface area contributed by atoms with E-state index in [-0.39, 0.29) is 12.0 Å². The summed E-state index contributed by atoms with van der Waals surface area (Å²) in [6.07, 6.45) is -0.0417. The summed E-state index contributed by atoms with van der Waals surface area (Å²) in [4.78, 5) is 24.1. The van der Waals surface area contributed by atoms with Gasteiger partial charge < -0.3 is 10.0 Å². The molecule has 2 heterocycles. The fourth-order valence-corrected chi connectivity index (χ4v) is 1.94. The third-order valence-corrected chi connectivity index (χ3v) is 2.60. The lowest BCUT2D eigenvalue weighted by Crippen LogP contribution is -2.20. The van der Waals surface area contributed by atoms with Crippen molar-refractivity contribution in [1.29, 1.82) is 0 Å². The van der Waals surface area contributed by atoms with E-state index >= 15 is 0 Å². The van der Waals surface area contributed by atoms with E-state index in [0.717, 1.165) is 12.4 Å². The van der Waals surface area contributed by atoms with Gasteiger partial charge in [-0.2, -0.15) is 0 Å². The fraction of sp³-hybridized carbons (Fsp3) is 0.400. The zero-order valence-corrected chi connectivity index (χ0v) is 8.43. The third kappa shape index (κ3) is 1.60. The van der Waals surface area contributed by atoms with Gasteiger partial charge in [-0.15, -0.1) is 0 Å². The first kappa shape index (κ1) is 9.76. The molecule has 0 fully saturated rings. The summed E-state index contributed by atoms with van der Waals surface area (Å²) in [5.74, 6) is -0.137. The number of nitrogens with zero attached hydrogens (tertiary/aromatic N) is 2. The van der Waals surface area contributed by atoms with Crippen LogP contribution in [0.2, 0.25) is 0 Å². The molecule has 0 radical (unpaired) electrons. The molecule has 5 nitrogen and oxygen atoms in total. The second kappa shape index (κ2) is 3.42. The molecule has 0 saturated carbocycles. The molecule has 0 saturated heterocycles. The van der Waals surface area contributed by atoms with Gasteiger partial charge in [0.2, 0.25) is 0 Å². The maximum absolute atomic E-state index is 11.5. The van der Waals surface area contributed by atoms with E-state index in [1.54, 1.807) is 10.6 Å². The summed E-state index contributed by atoms with van der Waals surface area (Å²) < 4.78 is 1.62. The van der Waals surface area contributed by atoms with Crippen LogP contribution in [0.1, 0.15) is 5.56 Å². The summed E-state index contributed by atoms with van der Waals surface area (Å²) in [7, 11) is 1.86. The number of hydrogen-bond acceptors (Lipinski definition) is 3. The van der Waals surface area contributed by atoms with E-state index in [0.29, 0.717) is 12.1 Å². The Balaban J connectivity index is 2.54. The summed E-state index contributed by atoms with van der Waals surface area (Å²) >= 11 is 0. The lowest BCUT2D eigenvalue weighted by atomic mass is 10.2. The van der Waals surface area contributed by atoms with Crippen LogP contribution in [0.5, 0.6) is 0 Å². The Hall–Kier alpha value is -1.78. The molecule has 1 aromatic rings. The van der Waals surface area contributed by atoms with Crippen molar-refractivity contribution in [3.63, 3.8) is 0 Å². The number of carboxylic acid groups (broad SMARTS) is 1. The molecule has 0 spiro atoms. The normalized spacial score (nSPS) is 14.1. The Morgan fingerprint density at radius 2 is 2.20 bits per heavy atom. The van der Waals surface area contributed by atoms with Crippen LogP contribution in [0.25, 0.3) is 0 Å². The second-order valence-electron chi connectivity index (χ2n) is 3.66. The van der Waals surface area contributed by atoms with Crippen molar-refractivity contribution in [2.45, 2.75) is 13.0 Å². The van der Waals surface area contributed by atoms with Gasteiger partial charge in [0.1, 0.15) is 5.82 Å². The predicted octanol–water partition coefficient (Wildman–Crippen LogP) is -0.0748. The number of rotatable bonds is 2. The topological polar surface area (TPSA) is 62.5 Å². The Labute approximate surface area is 86.6 Å². The molecule has 1 aliphatic rings. The maximum atomic E-state index is 11.5. The van der Waals surface area contributed by atoms with Gasteiger partial charge >= 0.3 is 5.97 Å². The Bertz CT molecular complexity index is 464. The maximum Gasteiger partial charge on any atom is 0.307 e. The molecule has 1 aromatic heterocycles. The molecule has 0 aliphatic carbocycles. The van der Waals surface area contributed by atoms with Gasteiger partial charge in [0.05, 0.1) is 6.42 Å². The molecule has 0 atom stereocenters. The summed E-state index contributed by atoms with van der Waals surface area (Å²) in [6.45, 7) is 1.39. The first-order valence-electron chi connectivity index (χ1n) is 4.75. The molecular weight excluding hydrogens is 196 g/mol. The molecule has 1 aliphatic heterocycles. The third-order valence-electron chi connectivity index (χ3n) is 2.60. The molecule has 0 unspecified atom stereocenters. The number of fused-ring (bicyclic) bond motifs is 1. The Morgan fingerprint density at radius 3 is 2.87 bits per heavy atom. The van der Waals surface area contributed by atoms with E-state index in [1.165, 1.54) is 6.07 Å². The van der Waals surface area contributed by atoms with Gasteiger partial charge in [0.25, 0.3) is 5.56 Å². The van der Waals surface area contributed by atoms with Crippen molar-refractivity contribution in [3.8, 4) is 0 Å². The standard InChI is InChI=1S/C10H12N2O3/c1-11-4-5-12-8(13)3-2-7(10(11)12)6-9(14)15/h2-3H,4-6H2,1H3,(H,14,15). The highest BCUT2D eigenvalue weighted by atomic mass is 16.4. The van der Waals surface area contributed by atoms with Gasteiger partial charge in [0.15, 0.2) is 0 Å². The van der Waals surface area contributed by atoms with Crippen LogP contribution in [0.4, 0.5) is 5.82 Å². The van der Waals surface area contributed by atoms with Crippen molar-refractivity contribution >= 4 is 11.8 Å². The van der Waals surface area contributed by atoms with Crippen molar-refractivity contribution in [3.05, 3.63) is 28.0 Å². The largest absolute Gasteiger partial charge is 0.481 e. The summed E-state index contributed by atoms with van der Waals surface area (Å²) in [5, 5.41) is 8.75. The van der Waals surface area contributed by atoms with Crippen molar-refractivity contribution in [2.75, 3.05) is 18.5 Å².